The molecule has 1 heterocycles. The van der Waals surface area contributed by atoms with Gasteiger partial charge in [-0.2, -0.15) is 5.10 Å². The molecule has 0 aliphatic carbocycles. The summed E-state index contributed by atoms with van der Waals surface area (Å²) in [4.78, 5) is 23.2. The maximum absolute atomic E-state index is 11.9. The molecule has 1 aromatic heterocycles. The maximum Gasteiger partial charge on any atom is 0.283 e. The van der Waals surface area contributed by atoms with Crippen LogP contribution in [0.1, 0.15) is 10.6 Å². The smallest absolute Gasteiger partial charge is 0.283 e. The van der Waals surface area contributed by atoms with E-state index in [1.165, 1.54) is 29.7 Å². The summed E-state index contributed by atoms with van der Waals surface area (Å²) in [6.45, 7) is 1.48. The van der Waals surface area contributed by atoms with Crippen molar-refractivity contribution in [1.29, 1.82) is 0 Å². The number of rotatable bonds is 8. The number of nitro groups is 1. The van der Waals surface area contributed by atoms with Gasteiger partial charge in [-0.25, -0.2) is 5.43 Å². The van der Waals surface area contributed by atoms with Gasteiger partial charge in [0.2, 0.25) is 0 Å². The summed E-state index contributed by atoms with van der Waals surface area (Å²) < 4.78 is 5.91. The van der Waals surface area contributed by atoms with Crippen molar-refractivity contribution >= 4 is 64.1 Å². The number of nitrogens with zero attached hydrogens (tertiary/aromatic N) is 4. The van der Waals surface area contributed by atoms with Gasteiger partial charge in [0, 0.05) is 16.7 Å². The fourth-order valence-electron chi connectivity index (χ4n) is 2.20. The largest absolute Gasteiger partial charge is 0.482 e. The van der Waals surface area contributed by atoms with Crippen molar-refractivity contribution in [2.24, 2.45) is 5.10 Å². The molecule has 0 saturated carbocycles. The topological polar surface area (TPSA) is 120 Å². The second-order valence-corrected chi connectivity index (χ2v) is 9.14. The number of aryl methyl sites for hydroxylation is 1. The lowest BCUT2D eigenvalue weighted by Crippen LogP contribution is -2.24. The number of nitro benzene ring substituents is 1. The van der Waals surface area contributed by atoms with Crippen LogP contribution in [0.3, 0.4) is 0 Å². The van der Waals surface area contributed by atoms with Gasteiger partial charge in [0.25, 0.3) is 11.6 Å². The molecule has 31 heavy (non-hydrogen) atoms. The molecule has 0 fully saturated rings. The molecule has 9 nitrogen and oxygen atoms in total. The average Bonchev–Trinajstić information content (AvgIpc) is 3.13. The Bertz CT molecular complexity index is 1160. The average molecular weight is 498 g/mol. The zero-order valence-corrected chi connectivity index (χ0v) is 18.9. The minimum absolute atomic E-state index is 0.103. The quantitative estimate of drug-likeness (QED) is 0.271. The highest BCUT2D eigenvalue weighted by Crippen LogP contribution is 2.36. The van der Waals surface area contributed by atoms with Gasteiger partial charge in [-0.3, -0.25) is 14.9 Å². The van der Waals surface area contributed by atoms with E-state index in [0.29, 0.717) is 25.6 Å². The van der Waals surface area contributed by atoms with Gasteiger partial charge in [0.1, 0.15) is 10.8 Å². The van der Waals surface area contributed by atoms with Gasteiger partial charge < -0.3 is 4.74 Å². The molecular weight excluding hydrogens is 485 g/mol. The monoisotopic (exact) mass is 497 g/mol. The van der Waals surface area contributed by atoms with E-state index in [-0.39, 0.29) is 17.3 Å². The zero-order valence-electron chi connectivity index (χ0n) is 15.7. The summed E-state index contributed by atoms with van der Waals surface area (Å²) in [6.07, 6.45) is 1.30. The predicted molar refractivity (Wildman–Crippen MR) is 120 cm³/mol. The number of nitrogens with one attached hydrogen (secondary N) is 1. The molecule has 0 aliphatic rings. The van der Waals surface area contributed by atoms with E-state index in [0.717, 1.165) is 16.8 Å². The maximum atomic E-state index is 11.9. The molecule has 1 N–H and O–H groups in total. The summed E-state index contributed by atoms with van der Waals surface area (Å²) in [7, 11) is 0. The Hall–Kier alpha value is -2.73. The Kier molecular flexibility index (Phi) is 7.80. The van der Waals surface area contributed by atoms with Crippen LogP contribution in [0.25, 0.3) is 0 Å². The number of carbonyl (C=O) groups excluding carboxylic acids is 1. The van der Waals surface area contributed by atoms with Gasteiger partial charge >= 0.3 is 0 Å². The SMILES string of the molecule is Cc1nnc(Sc2ccc(/C=N\NC(=O)COc3ccc(Cl)cc3Cl)cc2[N+](=O)[O-])s1. The number of hydrazone groups is 1. The third-order valence-corrected chi connectivity index (χ3v) is 6.03. The Balaban J connectivity index is 1.60. The van der Waals surface area contributed by atoms with Gasteiger partial charge in [-0.05, 0) is 31.2 Å². The van der Waals surface area contributed by atoms with E-state index in [1.807, 2.05) is 0 Å². The van der Waals surface area contributed by atoms with Crippen LogP contribution in [0.15, 0.2) is 50.7 Å². The molecule has 3 rings (SSSR count). The number of carbonyl (C=O) groups is 1. The van der Waals surface area contributed by atoms with E-state index >= 15 is 0 Å². The molecule has 0 spiro atoms. The van der Waals surface area contributed by atoms with Crippen molar-refractivity contribution in [3.8, 4) is 5.75 Å². The minimum atomic E-state index is -0.532. The number of hydrogen-bond donors (Lipinski definition) is 1. The first-order chi connectivity index (χ1) is 14.8. The second kappa shape index (κ2) is 10.5. The van der Waals surface area contributed by atoms with Crippen LogP contribution in [-0.4, -0.2) is 33.8 Å². The first-order valence-electron chi connectivity index (χ1n) is 8.48. The molecule has 160 valence electrons. The fraction of sp³-hybridized carbons (Fsp3) is 0.111. The summed E-state index contributed by atoms with van der Waals surface area (Å²) in [5.74, 6) is -0.227. The molecule has 0 unspecified atom stereocenters. The molecule has 0 bridgehead atoms. The van der Waals surface area contributed by atoms with Crippen molar-refractivity contribution in [3.63, 3.8) is 0 Å². The Morgan fingerprint density at radius 1 is 1.32 bits per heavy atom. The lowest BCUT2D eigenvalue weighted by Gasteiger charge is -2.07. The lowest BCUT2D eigenvalue weighted by molar-refractivity contribution is -0.387. The van der Waals surface area contributed by atoms with Crippen LogP contribution in [0.5, 0.6) is 5.75 Å². The van der Waals surface area contributed by atoms with Gasteiger partial charge in [-0.15, -0.1) is 10.2 Å². The van der Waals surface area contributed by atoms with Crippen LogP contribution < -0.4 is 10.2 Å². The number of amides is 1. The molecule has 0 atom stereocenters. The van der Waals surface area contributed by atoms with Crippen LogP contribution >= 0.6 is 46.3 Å². The number of benzene rings is 2. The molecule has 3 aromatic rings. The van der Waals surface area contributed by atoms with Gasteiger partial charge in [-0.1, -0.05) is 52.4 Å². The van der Waals surface area contributed by atoms with E-state index in [1.54, 1.807) is 31.2 Å². The molecular formula is C18H13Cl2N5O4S2. The summed E-state index contributed by atoms with van der Waals surface area (Å²) in [6, 6.07) is 9.21. The summed E-state index contributed by atoms with van der Waals surface area (Å²) in [5, 5.41) is 24.6. The summed E-state index contributed by atoms with van der Waals surface area (Å²) in [5.41, 5.74) is 2.62. The molecule has 0 saturated heterocycles. The van der Waals surface area contributed by atoms with E-state index in [2.05, 4.69) is 20.7 Å². The highest BCUT2D eigenvalue weighted by atomic mass is 35.5. The van der Waals surface area contributed by atoms with Crippen LogP contribution in [-0.2, 0) is 4.79 Å². The lowest BCUT2D eigenvalue weighted by atomic mass is 10.2. The third kappa shape index (κ3) is 6.62. The molecule has 0 aliphatic heterocycles. The van der Waals surface area contributed by atoms with Crippen molar-refractivity contribution in [1.82, 2.24) is 15.6 Å². The van der Waals surface area contributed by atoms with Crippen molar-refractivity contribution < 1.29 is 14.5 Å². The first-order valence-corrected chi connectivity index (χ1v) is 10.9. The van der Waals surface area contributed by atoms with Crippen LogP contribution in [0, 0.1) is 17.0 Å². The van der Waals surface area contributed by atoms with Crippen molar-refractivity contribution in [3.05, 3.63) is 67.1 Å². The normalized spacial score (nSPS) is 10.9. The predicted octanol–water partition coefficient (Wildman–Crippen LogP) is 4.74. The Morgan fingerprint density at radius 2 is 2.13 bits per heavy atom. The first kappa shape index (κ1) is 22.9. The minimum Gasteiger partial charge on any atom is -0.482 e. The highest BCUT2D eigenvalue weighted by molar-refractivity contribution is 8.01. The molecule has 0 radical (unpaired) electrons. The van der Waals surface area contributed by atoms with E-state index in [4.69, 9.17) is 27.9 Å². The number of hydrogen-bond acceptors (Lipinski definition) is 9. The number of ether oxygens (including phenoxy) is 1. The van der Waals surface area contributed by atoms with E-state index < -0.39 is 10.8 Å². The number of halogens is 2. The van der Waals surface area contributed by atoms with Gasteiger partial charge in [0.15, 0.2) is 10.9 Å². The standard InChI is InChI=1S/C18H13Cl2N5O4S2/c1-10-22-24-18(30-10)31-16-5-2-11(6-14(16)25(27)28)8-21-23-17(26)9-29-15-4-3-12(19)7-13(15)20/h2-8H,9H2,1H3,(H,23,26)/b21-8-. The summed E-state index contributed by atoms with van der Waals surface area (Å²) >= 11 is 14.3. The van der Waals surface area contributed by atoms with E-state index in [9.17, 15) is 14.9 Å². The van der Waals surface area contributed by atoms with Crippen LogP contribution in [0.4, 0.5) is 5.69 Å². The highest BCUT2D eigenvalue weighted by Gasteiger charge is 2.17. The number of aromatic nitrogens is 2. The van der Waals surface area contributed by atoms with Crippen molar-refractivity contribution in [2.75, 3.05) is 6.61 Å². The second-order valence-electron chi connectivity index (χ2n) is 5.83. The fourth-order valence-corrected chi connectivity index (χ4v) is 4.52. The molecule has 1 amide bonds. The molecule has 13 heteroatoms. The Morgan fingerprint density at radius 3 is 2.81 bits per heavy atom. The zero-order chi connectivity index (χ0) is 22.4. The van der Waals surface area contributed by atoms with Crippen LogP contribution in [0.2, 0.25) is 10.0 Å². The van der Waals surface area contributed by atoms with Crippen molar-refractivity contribution in [2.45, 2.75) is 16.2 Å². The molecule has 2 aromatic carbocycles. The third-order valence-electron chi connectivity index (χ3n) is 3.54. The van der Waals surface area contributed by atoms with Gasteiger partial charge in [0.05, 0.1) is 21.1 Å². The Labute approximate surface area is 194 Å².